The van der Waals surface area contributed by atoms with Gasteiger partial charge in [0.15, 0.2) is 0 Å². The van der Waals surface area contributed by atoms with Crippen molar-refractivity contribution in [2.45, 2.75) is 0 Å². The summed E-state index contributed by atoms with van der Waals surface area (Å²) < 4.78 is 0. The van der Waals surface area contributed by atoms with E-state index in [4.69, 9.17) is 52.1 Å². The molecule has 0 unspecified atom stereocenters. The van der Waals surface area contributed by atoms with Gasteiger partial charge in [0.2, 0.25) is 0 Å². The van der Waals surface area contributed by atoms with Gasteiger partial charge in [-0.05, 0) is 6.07 Å². The second-order valence-electron chi connectivity index (χ2n) is 1.85. The Morgan fingerprint density at radius 2 is 1.45 bits per heavy atom. The van der Waals surface area contributed by atoms with E-state index in [0.717, 1.165) is 0 Å². The highest BCUT2D eigenvalue weighted by atomic mass is 35.5. The van der Waals surface area contributed by atoms with E-state index in [9.17, 15) is 0 Å². The second kappa shape index (κ2) is 3.28. The predicted molar refractivity (Wildman–Crippen MR) is 49.2 cm³/mol. The fourth-order valence-corrected chi connectivity index (χ4v) is 1.37. The predicted octanol–water partition coefficient (Wildman–Crippen LogP) is 4.21. The average molecular weight is 230 g/mol. The van der Waals surface area contributed by atoms with Gasteiger partial charge in [-0.2, -0.15) is 0 Å². The zero-order valence-electron chi connectivity index (χ0n) is 5.09. The largest absolute Gasteiger partial charge is 0.299 e. The molecule has 0 saturated carbocycles. The highest BCUT2D eigenvalue weighted by Gasteiger charge is 2.10. The smallest absolute Gasteiger partial charge is 0.0857 e. The van der Waals surface area contributed by atoms with Crippen molar-refractivity contribution in [3.8, 4) is 0 Å². The summed E-state index contributed by atoms with van der Waals surface area (Å²) in [6, 6.07) is 1.35. The second-order valence-corrected chi connectivity index (χ2v) is 3.39. The van der Waals surface area contributed by atoms with Gasteiger partial charge in [0.25, 0.3) is 0 Å². The molecule has 1 aromatic rings. The molecular formula is C6H2Cl4N. The zero-order chi connectivity index (χ0) is 8.59. The van der Waals surface area contributed by atoms with Crippen molar-refractivity contribution >= 4 is 52.1 Å². The fraction of sp³-hybridized carbons (Fsp3) is 0. The van der Waals surface area contributed by atoms with Crippen molar-refractivity contribution in [1.82, 2.24) is 5.73 Å². The maximum absolute atomic E-state index is 7.24. The molecule has 1 rings (SSSR count). The molecule has 0 aliphatic carbocycles. The summed E-state index contributed by atoms with van der Waals surface area (Å²) >= 11 is 22.4. The van der Waals surface area contributed by atoms with Gasteiger partial charge in [-0.15, -0.1) is 0 Å². The molecule has 1 aromatic carbocycles. The normalized spacial score (nSPS) is 10.2. The maximum atomic E-state index is 7.24. The minimum atomic E-state index is 0.0751. The molecule has 1 N–H and O–H groups in total. The molecule has 1 radical (unpaired) electrons. The van der Waals surface area contributed by atoms with Crippen LogP contribution in [0.4, 0.5) is 5.69 Å². The monoisotopic (exact) mass is 228 g/mol. The van der Waals surface area contributed by atoms with Crippen LogP contribution in [-0.2, 0) is 0 Å². The van der Waals surface area contributed by atoms with Crippen molar-refractivity contribution in [2.75, 3.05) is 0 Å². The van der Waals surface area contributed by atoms with E-state index in [1.807, 2.05) is 0 Å². The highest BCUT2D eigenvalue weighted by Crippen LogP contribution is 2.39. The number of hydrogen-bond donors (Lipinski definition) is 0. The Morgan fingerprint density at radius 1 is 0.909 bits per heavy atom. The first-order chi connectivity index (χ1) is 5.04. The van der Waals surface area contributed by atoms with Crippen molar-refractivity contribution in [1.29, 1.82) is 0 Å². The molecular weight excluding hydrogens is 228 g/mol. The Morgan fingerprint density at radius 3 is 2.00 bits per heavy atom. The lowest BCUT2D eigenvalue weighted by atomic mass is 10.3. The number of hydrogen-bond acceptors (Lipinski definition) is 0. The minimum absolute atomic E-state index is 0.0751. The fourth-order valence-electron chi connectivity index (χ4n) is 0.573. The first-order valence-corrected chi connectivity index (χ1v) is 4.10. The standard InChI is InChI=1S/C6H2Cl4N/c7-2-1-3(11)5(9)6(10)4(2)8/h1,11H. The Labute approximate surface area is 84.0 Å². The van der Waals surface area contributed by atoms with Crippen molar-refractivity contribution in [2.24, 2.45) is 0 Å². The third kappa shape index (κ3) is 1.67. The van der Waals surface area contributed by atoms with Crippen LogP contribution in [0.25, 0.3) is 0 Å². The topological polar surface area (TPSA) is 23.8 Å². The molecule has 1 nitrogen and oxygen atoms in total. The van der Waals surface area contributed by atoms with Gasteiger partial charge in [0.1, 0.15) is 0 Å². The summed E-state index contributed by atoms with van der Waals surface area (Å²) in [4.78, 5) is 0. The summed E-state index contributed by atoms with van der Waals surface area (Å²) in [6.45, 7) is 0. The molecule has 0 spiro atoms. The molecule has 0 atom stereocenters. The number of halogens is 4. The Hall–Kier alpha value is 0.180. The van der Waals surface area contributed by atoms with Crippen LogP contribution in [0.5, 0.6) is 0 Å². The first-order valence-electron chi connectivity index (χ1n) is 2.58. The van der Waals surface area contributed by atoms with Crippen molar-refractivity contribution in [3.63, 3.8) is 0 Å². The third-order valence-corrected chi connectivity index (χ3v) is 2.85. The molecule has 0 amide bonds. The Balaban J connectivity index is 3.46. The molecule has 0 aliphatic heterocycles. The molecule has 0 heterocycles. The first kappa shape index (κ1) is 9.27. The SMILES string of the molecule is [NH]c1cc(Cl)c(Cl)c(Cl)c1Cl. The van der Waals surface area contributed by atoms with Crippen LogP contribution in [0.3, 0.4) is 0 Å². The molecule has 59 valence electrons. The van der Waals surface area contributed by atoms with E-state index >= 15 is 0 Å². The summed E-state index contributed by atoms with van der Waals surface area (Å²) in [7, 11) is 0. The number of nitrogens with one attached hydrogen (secondary N) is 1. The molecule has 0 aromatic heterocycles. The van der Waals surface area contributed by atoms with Gasteiger partial charge in [0, 0.05) is 0 Å². The van der Waals surface area contributed by atoms with Crippen LogP contribution >= 0.6 is 46.4 Å². The van der Waals surface area contributed by atoms with Crippen LogP contribution in [0.15, 0.2) is 6.07 Å². The van der Waals surface area contributed by atoms with Gasteiger partial charge < -0.3 is 0 Å². The van der Waals surface area contributed by atoms with Crippen LogP contribution in [0, 0.1) is 0 Å². The lowest BCUT2D eigenvalue weighted by Gasteiger charge is -2.02. The summed E-state index contributed by atoms with van der Waals surface area (Å²) in [6.07, 6.45) is 0. The van der Waals surface area contributed by atoms with Gasteiger partial charge in [-0.25, -0.2) is 0 Å². The lowest BCUT2D eigenvalue weighted by molar-refractivity contribution is 1.48. The summed E-state index contributed by atoms with van der Waals surface area (Å²) in [5.41, 5.74) is 7.31. The van der Waals surface area contributed by atoms with Gasteiger partial charge in [0.05, 0.1) is 25.8 Å². The minimum Gasteiger partial charge on any atom is -0.299 e. The maximum Gasteiger partial charge on any atom is 0.0857 e. The van der Waals surface area contributed by atoms with Crippen molar-refractivity contribution in [3.05, 3.63) is 26.2 Å². The zero-order valence-corrected chi connectivity index (χ0v) is 8.11. The molecule has 0 aliphatic rings. The van der Waals surface area contributed by atoms with E-state index in [2.05, 4.69) is 0 Å². The average Bonchev–Trinajstić information content (AvgIpc) is 1.97. The van der Waals surface area contributed by atoms with E-state index in [1.165, 1.54) is 6.07 Å². The summed E-state index contributed by atoms with van der Waals surface area (Å²) in [5, 5.41) is 0.687. The Kier molecular flexibility index (Phi) is 2.76. The van der Waals surface area contributed by atoms with Crippen LogP contribution in [-0.4, -0.2) is 0 Å². The molecule has 0 fully saturated rings. The van der Waals surface area contributed by atoms with Gasteiger partial charge in [-0.1, -0.05) is 46.4 Å². The van der Waals surface area contributed by atoms with Crippen LogP contribution in [0.2, 0.25) is 20.1 Å². The lowest BCUT2D eigenvalue weighted by Crippen LogP contribution is -1.77. The number of benzene rings is 1. The van der Waals surface area contributed by atoms with Gasteiger partial charge in [-0.3, -0.25) is 5.73 Å². The number of rotatable bonds is 0. The van der Waals surface area contributed by atoms with E-state index < -0.39 is 0 Å². The van der Waals surface area contributed by atoms with Gasteiger partial charge >= 0.3 is 0 Å². The van der Waals surface area contributed by atoms with Crippen LogP contribution in [0.1, 0.15) is 0 Å². The molecule has 0 bridgehead atoms. The highest BCUT2D eigenvalue weighted by molar-refractivity contribution is 6.52. The molecule has 11 heavy (non-hydrogen) atoms. The van der Waals surface area contributed by atoms with E-state index in [1.54, 1.807) is 0 Å². The quantitative estimate of drug-likeness (QED) is 0.470. The molecule has 0 saturated heterocycles. The Bertz CT molecular complexity index is 271. The summed E-state index contributed by atoms with van der Waals surface area (Å²) in [5.74, 6) is 0. The van der Waals surface area contributed by atoms with Crippen LogP contribution < -0.4 is 5.73 Å². The van der Waals surface area contributed by atoms with Crippen molar-refractivity contribution < 1.29 is 0 Å². The van der Waals surface area contributed by atoms with E-state index in [0.29, 0.717) is 0 Å². The van der Waals surface area contributed by atoms with E-state index in [-0.39, 0.29) is 25.8 Å². The molecule has 5 heteroatoms. The third-order valence-electron chi connectivity index (χ3n) is 1.10.